The Hall–Kier alpha value is -1.36. The lowest BCUT2D eigenvalue weighted by Gasteiger charge is -2.28. The molecule has 1 atom stereocenters. The molecule has 0 bridgehead atoms. The topological polar surface area (TPSA) is 53.4 Å². The highest BCUT2D eigenvalue weighted by Crippen LogP contribution is 2.28. The molecular weight excluding hydrogens is 244 g/mol. The smallest absolute Gasteiger partial charge is 0.213 e. The van der Waals surface area contributed by atoms with Crippen LogP contribution in [0.3, 0.4) is 0 Å². The molecule has 0 radical (unpaired) electrons. The fraction of sp³-hybridized carbons (Fsp3) is 0.714. The van der Waals surface area contributed by atoms with E-state index in [0.717, 1.165) is 6.42 Å². The number of methoxy groups -OCH3 is 2. The number of rotatable bonds is 6. The van der Waals surface area contributed by atoms with Crippen LogP contribution in [0.1, 0.15) is 44.6 Å². The molecule has 108 valence electrons. The summed E-state index contributed by atoms with van der Waals surface area (Å²) in [6, 6.07) is 0. The van der Waals surface area contributed by atoms with E-state index in [9.17, 15) is 4.79 Å². The van der Waals surface area contributed by atoms with Crippen LogP contribution in [0.15, 0.2) is 6.20 Å². The van der Waals surface area contributed by atoms with Crippen LogP contribution in [0.2, 0.25) is 0 Å². The molecule has 1 heterocycles. The first-order valence-electron chi connectivity index (χ1n) is 6.53. The van der Waals surface area contributed by atoms with E-state index in [4.69, 9.17) is 9.47 Å². The van der Waals surface area contributed by atoms with Gasteiger partial charge in [-0.3, -0.25) is 9.48 Å². The number of aryl methyl sites for hydroxylation is 1. The summed E-state index contributed by atoms with van der Waals surface area (Å²) in [6.45, 7) is 8.66. The minimum Gasteiger partial charge on any atom is -0.493 e. The van der Waals surface area contributed by atoms with Crippen molar-refractivity contribution in [3.05, 3.63) is 11.9 Å². The molecular formula is C14H24N2O3. The molecule has 0 saturated carbocycles. The zero-order valence-corrected chi connectivity index (χ0v) is 12.7. The standard InChI is InChI=1S/C14H24N2O3/c1-7-8-16-11(10(18-5)9-15-16)12(17)13(19-6)14(2,3)4/h9,13H,7-8H2,1-6H3. The Bertz CT molecular complexity index is 432. The van der Waals surface area contributed by atoms with Crippen LogP contribution < -0.4 is 4.74 Å². The number of aromatic nitrogens is 2. The Balaban J connectivity index is 3.19. The summed E-state index contributed by atoms with van der Waals surface area (Å²) in [5.74, 6) is 0.419. The summed E-state index contributed by atoms with van der Waals surface area (Å²) < 4.78 is 12.3. The van der Waals surface area contributed by atoms with Crippen molar-refractivity contribution in [3.8, 4) is 5.75 Å². The van der Waals surface area contributed by atoms with Gasteiger partial charge in [-0.2, -0.15) is 5.10 Å². The van der Waals surface area contributed by atoms with Gasteiger partial charge >= 0.3 is 0 Å². The lowest BCUT2D eigenvalue weighted by molar-refractivity contribution is 0.0185. The van der Waals surface area contributed by atoms with E-state index in [0.29, 0.717) is 18.0 Å². The van der Waals surface area contributed by atoms with Crippen molar-refractivity contribution < 1.29 is 14.3 Å². The van der Waals surface area contributed by atoms with Crippen molar-refractivity contribution in [2.45, 2.75) is 46.8 Å². The summed E-state index contributed by atoms with van der Waals surface area (Å²) >= 11 is 0. The van der Waals surface area contributed by atoms with Gasteiger partial charge in [-0.05, 0) is 11.8 Å². The highest BCUT2D eigenvalue weighted by Gasteiger charge is 2.35. The van der Waals surface area contributed by atoms with E-state index in [1.807, 2.05) is 27.7 Å². The summed E-state index contributed by atoms with van der Waals surface area (Å²) in [7, 11) is 3.10. The number of carbonyl (C=O) groups excluding carboxylic acids is 1. The number of carbonyl (C=O) groups is 1. The van der Waals surface area contributed by atoms with Gasteiger partial charge in [0.15, 0.2) is 5.75 Å². The second kappa shape index (κ2) is 6.19. The maximum atomic E-state index is 12.7. The first kappa shape index (κ1) is 15.7. The number of hydrogen-bond donors (Lipinski definition) is 0. The van der Waals surface area contributed by atoms with Crippen molar-refractivity contribution in [2.24, 2.45) is 5.41 Å². The van der Waals surface area contributed by atoms with E-state index >= 15 is 0 Å². The maximum absolute atomic E-state index is 12.7. The van der Waals surface area contributed by atoms with E-state index in [1.54, 1.807) is 25.1 Å². The molecule has 0 aliphatic carbocycles. The largest absolute Gasteiger partial charge is 0.493 e. The van der Waals surface area contributed by atoms with Crippen LogP contribution in [-0.4, -0.2) is 35.9 Å². The van der Waals surface area contributed by atoms with E-state index < -0.39 is 6.10 Å². The van der Waals surface area contributed by atoms with Crippen molar-refractivity contribution >= 4 is 5.78 Å². The third kappa shape index (κ3) is 3.35. The lowest BCUT2D eigenvalue weighted by atomic mass is 9.85. The van der Waals surface area contributed by atoms with Crippen LogP contribution in [0.25, 0.3) is 0 Å². The molecule has 1 aromatic rings. The zero-order valence-electron chi connectivity index (χ0n) is 12.7. The molecule has 5 nitrogen and oxygen atoms in total. The Labute approximate surface area is 114 Å². The number of ketones is 1. The highest BCUT2D eigenvalue weighted by atomic mass is 16.5. The van der Waals surface area contributed by atoms with Gasteiger partial charge in [-0.25, -0.2) is 0 Å². The van der Waals surface area contributed by atoms with E-state index in [2.05, 4.69) is 5.10 Å². The van der Waals surface area contributed by atoms with Gasteiger partial charge in [0.25, 0.3) is 0 Å². The van der Waals surface area contributed by atoms with Gasteiger partial charge in [0.05, 0.1) is 13.3 Å². The van der Waals surface area contributed by atoms with Gasteiger partial charge in [-0.15, -0.1) is 0 Å². The molecule has 0 amide bonds. The first-order valence-corrected chi connectivity index (χ1v) is 6.53. The Kier molecular flexibility index (Phi) is 5.11. The van der Waals surface area contributed by atoms with E-state index in [-0.39, 0.29) is 11.2 Å². The fourth-order valence-corrected chi connectivity index (χ4v) is 2.13. The Morgan fingerprint density at radius 3 is 2.47 bits per heavy atom. The second-order valence-electron chi connectivity index (χ2n) is 5.63. The molecule has 1 rings (SSSR count). The molecule has 1 unspecified atom stereocenters. The van der Waals surface area contributed by atoms with Crippen molar-refractivity contribution in [1.29, 1.82) is 0 Å². The van der Waals surface area contributed by atoms with E-state index in [1.165, 1.54) is 0 Å². The van der Waals surface area contributed by atoms with Crippen molar-refractivity contribution in [1.82, 2.24) is 9.78 Å². The fourth-order valence-electron chi connectivity index (χ4n) is 2.13. The third-order valence-electron chi connectivity index (χ3n) is 2.95. The van der Waals surface area contributed by atoms with Crippen molar-refractivity contribution in [3.63, 3.8) is 0 Å². The number of ether oxygens (including phenoxy) is 2. The van der Waals surface area contributed by atoms with Crippen molar-refractivity contribution in [2.75, 3.05) is 14.2 Å². The number of nitrogens with zero attached hydrogens (tertiary/aromatic N) is 2. The van der Waals surface area contributed by atoms with Crippen LogP contribution in [0, 0.1) is 5.41 Å². The monoisotopic (exact) mass is 268 g/mol. The summed E-state index contributed by atoms with van der Waals surface area (Å²) in [5, 5.41) is 4.21. The van der Waals surface area contributed by atoms with Crippen LogP contribution in [-0.2, 0) is 11.3 Å². The Morgan fingerprint density at radius 1 is 1.42 bits per heavy atom. The molecule has 0 aliphatic rings. The highest BCUT2D eigenvalue weighted by molar-refractivity contribution is 6.00. The predicted octanol–water partition coefficient (Wildman–Crippen LogP) is 2.55. The molecule has 19 heavy (non-hydrogen) atoms. The molecule has 0 spiro atoms. The average molecular weight is 268 g/mol. The average Bonchev–Trinajstić information content (AvgIpc) is 2.71. The molecule has 5 heteroatoms. The van der Waals surface area contributed by atoms with Gasteiger partial charge in [0, 0.05) is 13.7 Å². The van der Waals surface area contributed by atoms with Crippen LogP contribution in [0.4, 0.5) is 0 Å². The minimum atomic E-state index is -0.520. The molecule has 0 N–H and O–H groups in total. The summed E-state index contributed by atoms with van der Waals surface area (Å²) in [6.07, 6.45) is 1.96. The summed E-state index contributed by atoms with van der Waals surface area (Å²) in [4.78, 5) is 12.7. The number of Topliss-reactive ketones (excluding diaryl/α,β-unsaturated/α-hetero) is 1. The zero-order chi connectivity index (χ0) is 14.6. The van der Waals surface area contributed by atoms with Gasteiger partial charge < -0.3 is 9.47 Å². The SMILES string of the molecule is CCCn1ncc(OC)c1C(=O)C(OC)C(C)(C)C. The predicted molar refractivity (Wildman–Crippen MR) is 73.7 cm³/mol. The Morgan fingerprint density at radius 2 is 2.05 bits per heavy atom. The summed E-state index contributed by atoms with van der Waals surface area (Å²) in [5.41, 5.74) is 0.212. The first-order chi connectivity index (χ1) is 8.86. The third-order valence-corrected chi connectivity index (χ3v) is 2.95. The second-order valence-corrected chi connectivity index (χ2v) is 5.63. The van der Waals surface area contributed by atoms with Gasteiger partial charge in [-0.1, -0.05) is 27.7 Å². The van der Waals surface area contributed by atoms with Crippen LogP contribution >= 0.6 is 0 Å². The number of hydrogen-bond acceptors (Lipinski definition) is 4. The minimum absolute atomic E-state index is 0.0854. The van der Waals surface area contributed by atoms with Gasteiger partial charge in [0.1, 0.15) is 11.8 Å². The molecule has 0 aliphatic heterocycles. The quantitative estimate of drug-likeness (QED) is 0.744. The molecule has 0 fully saturated rings. The molecule has 1 aromatic heterocycles. The molecule has 0 saturated heterocycles. The molecule has 0 aromatic carbocycles. The van der Waals surface area contributed by atoms with Crippen LogP contribution in [0.5, 0.6) is 5.75 Å². The normalized spacial score (nSPS) is 13.4. The van der Waals surface area contributed by atoms with Gasteiger partial charge in [0.2, 0.25) is 5.78 Å². The maximum Gasteiger partial charge on any atom is 0.213 e. The lowest BCUT2D eigenvalue weighted by Crippen LogP contribution is -2.37.